The summed E-state index contributed by atoms with van der Waals surface area (Å²) in [6, 6.07) is 16.7. The van der Waals surface area contributed by atoms with Crippen LogP contribution in [0.4, 0.5) is 0 Å². The molecule has 8 heteroatoms. The second-order valence-electron chi connectivity index (χ2n) is 6.08. The molecule has 0 saturated carbocycles. The average Bonchev–Trinajstić information content (AvgIpc) is 2.78. The first-order valence-corrected chi connectivity index (χ1v) is 8.90. The molecule has 0 aliphatic carbocycles. The van der Waals surface area contributed by atoms with Gasteiger partial charge in [0.2, 0.25) is 0 Å². The molecule has 0 unspecified atom stereocenters. The molecule has 0 radical (unpaired) electrons. The van der Waals surface area contributed by atoms with Crippen LogP contribution in [0.1, 0.15) is 36.6 Å². The molecule has 0 aliphatic heterocycles. The zero-order valence-electron chi connectivity index (χ0n) is 16.7. The van der Waals surface area contributed by atoms with Crippen LogP contribution in [-0.2, 0) is 9.47 Å². The molecule has 0 spiro atoms. The van der Waals surface area contributed by atoms with Crippen LogP contribution in [0.25, 0.3) is 0 Å². The highest BCUT2D eigenvalue weighted by molar-refractivity contribution is 6.10. The molecule has 3 aromatic rings. The Hall–Kier alpha value is -4.33. The van der Waals surface area contributed by atoms with Crippen LogP contribution in [0, 0.1) is 0 Å². The van der Waals surface area contributed by atoms with Crippen molar-refractivity contribution in [1.82, 2.24) is 0 Å². The molecule has 8 nitrogen and oxygen atoms in total. The summed E-state index contributed by atoms with van der Waals surface area (Å²) in [5.41, 5.74) is 0.476. The third-order valence-electron chi connectivity index (χ3n) is 4.10. The Morgan fingerprint density at radius 2 is 1.32 bits per heavy atom. The van der Waals surface area contributed by atoms with Crippen LogP contribution in [-0.4, -0.2) is 47.3 Å². The molecule has 3 rings (SSSR count). The number of phenols is 3. The first-order chi connectivity index (χ1) is 14.8. The Morgan fingerprint density at radius 1 is 0.677 bits per heavy atom. The third kappa shape index (κ3) is 5.60. The fourth-order valence-corrected chi connectivity index (χ4v) is 2.59. The molecule has 0 saturated heterocycles. The zero-order chi connectivity index (χ0) is 23.0. The van der Waals surface area contributed by atoms with E-state index >= 15 is 0 Å². The highest BCUT2D eigenvalue weighted by Gasteiger charge is 2.21. The van der Waals surface area contributed by atoms with E-state index in [4.69, 9.17) is 5.11 Å². The van der Waals surface area contributed by atoms with Crippen molar-refractivity contribution in [2.75, 3.05) is 14.2 Å². The van der Waals surface area contributed by atoms with Gasteiger partial charge >= 0.3 is 11.9 Å². The largest absolute Gasteiger partial charge is 0.508 e. The van der Waals surface area contributed by atoms with Crippen molar-refractivity contribution in [1.29, 1.82) is 0 Å². The van der Waals surface area contributed by atoms with Gasteiger partial charge in [-0.3, -0.25) is 4.79 Å². The van der Waals surface area contributed by atoms with E-state index in [1.165, 1.54) is 37.4 Å². The van der Waals surface area contributed by atoms with E-state index < -0.39 is 11.9 Å². The predicted octanol–water partition coefficient (Wildman–Crippen LogP) is 3.29. The Balaban J connectivity index is 0.000000221. The van der Waals surface area contributed by atoms with E-state index in [1.54, 1.807) is 24.3 Å². The summed E-state index contributed by atoms with van der Waals surface area (Å²) in [6.45, 7) is 0. The Bertz CT molecular complexity index is 1090. The van der Waals surface area contributed by atoms with Crippen molar-refractivity contribution in [3.05, 3.63) is 89.0 Å². The molecule has 0 bridgehead atoms. The van der Waals surface area contributed by atoms with Crippen molar-refractivity contribution >= 4 is 17.7 Å². The molecular formula is C23H20O8. The standard InChI is InChI=1S/C13H10O3.C10H10O5/c14-10-6-7-11(12(15)8-10)13(16)9-4-2-1-3-5-9;1-14-9(12)6-4-3-5-7(11)8(6)10(13)15-2/h1-8,14-15H;3-5,11H,1-2H3. The third-order valence-corrected chi connectivity index (χ3v) is 4.10. The highest BCUT2D eigenvalue weighted by atomic mass is 16.5. The van der Waals surface area contributed by atoms with E-state index in [2.05, 4.69) is 9.47 Å². The van der Waals surface area contributed by atoms with Gasteiger partial charge in [0.25, 0.3) is 0 Å². The second kappa shape index (κ2) is 10.4. The summed E-state index contributed by atoms with van der Waals surface area (Å²) >= 11 is 0. The maximum absolute atomic E-state index is 11.9. The fourth-order valence-electron chi connectivity index (χ4n) is 2.59. The first kappa shape index (κ1) is 23.0. The van der Waals surface area contributed by atoms with Crippen molar-refractivity contribution in [2.45, 2.75) is 0 Å². The van der Waals surface area contributed by atoms with Gasteiger partial charge in [0, 0.05) is 11.6 Å². The van der Waals surface area contributed by atoms with Gasteiger partial charge in [0.1, 0.15) is 22.8 Å². The minimum Gasteiger partial charge on any atom is -0.508 e. The van der Waals surface area contributed by atoms with Crippen LogP contribution in [0.15, 0.2) is 66.7 Å². The fraction of sp³-hybridized carbons (Fsp3) is 0.0870. The molecule has 3 aromatic carbocycles. The van der Waals surface area contributed by atoms with E-state index in [9.17, 15) is 24.6 Å². The molecule has 0 atom stereocenters. The van der Waals surface area contributed by atoms with Gasteiger partial charge in [-0.25, -0.2) is 9.59 Å². The van der Waals surface area contributed by atoms with Crippen LogP contribution >= 0.6 is 0 Å². The number of esters is 2. The first-order valence-electron chi connectivity index (χ1n) is 8.90. The molecule has 0 heterocycles. The predicted molar refractivity (Wildman–Crippen MR) is 110 cm³/mol. The maximum atomic E-state index is 11.9. The number of methoxy groups -OCH3 is 2. The highest BCUT2D eigenvalue weighted by Crippen LogP contribution is 2.25. The van der Waals surface area contributed by atoms with Crippen LogP contribution in [0.3, 0.4) is 0 Å². The van der Waals surface area contributed by atoms with Crippen molar-refractivity contribution < 1.29 is 39.2 Å². The van der Waals surface area contributed by atoms with Crippen LogP contribution in [0.2, 0.25) is 0 Å². The molecule has 0 fully saturated rings. The number of aromatic hydroxyl groups is 3. The average molecular weight is 424 g/mol. The molecular weight excluding hydrogens is 404 g/mol. The lowest BCUT2D eigenvalue weighted by Crippen LogP contribution is -2.11. The summed E-state index contributed by atoms with van der Waals surface area (Å²) in [7, 11) is 2.35. The smallest absolute Gasteiger partial charge is 0.342 e. The van der Waals surface area contributed by atoms with Gasteiger partial charge in [-0.05, 0) is 24.3 Å². The summed E-state index contributed by atoms with van der Waals surface area (Å²) in [4.78, 5) is 34.5. The number of ketones is 1. The Morgan fingerprint density at radius 3 is 1.90 bits per heavy atom. The molecule has 160 valence electrons. The number of rotatable bonds is 4. The van der Waals surface area contributed by atoms with E-state index in [1.807, 2.05) is 6.07 Å². The normalized spacial score (nSPS) is 9.74. The van der Waals surface area contributed by atoms with Gasteiger partial charge in [0.15, 0.2) is 5.78 Å². The van der Waals surface area contributed by atoms with E-state index in [0.717, 1.165) is 13.2 Å². The minimum absolute atomic E-state index is 0.0237. The number of carbonyl (C=O) groups is 3. The zero-order valence-corrected chi connectivity index (χ0v) is 16.7. The second-order valence-corrected chi connectivity index (χ2v) is 6.08. The van der Waals surface area contributed by atoms with Crippen molar-refractivity contribution in [2.24, 2.45) is 0 Å². The van der Waals surface area contributed by atoms with Crippen LogP contribution in [0.5, 0.6) is 17.2 Å². The summed E-state index contributed by atoms with van der Waals surface area (Å²) in [5.74, 6) is -2.35. The van der Waals surface area contributed by atoms with Crippen molar-refractivity contribution in [3.8, 4) is 17.2 Å². The minimum atomic E-state index is -0.784. The number of ether oxygens (including phenoxy) is 2. The number of benzene rings is 3. The molecule has 31 heavy (non-hydrogen) atoms. The van der Waals surface area contributed by atoms with Gasteiger partial charge < -0.3 is 24.8 Å². The van der Waals surface area contributed by atoms with Gasteiger partial charge in [0.05, 0.1) is 25.3 Å². The van der Waals surface area contributed by atoms with Crippen molar-refractivity contribution in [3.63, 3.8) is 0 Å². The quantitative estimate of drug-likeness (QED) is 0.430. The topological polar surface area (TPSA) is 130 Å². The Kier molecular flexibility index (Phi) is 7.74. The summed E-state index contributed by atoms with van der Waals surface area (Å²) in [6.07, 6.45) is 0. The monoisotopic (exact) mass is 424 g/mol. The lowest BCUT2D eigenvalue weighted by Gasteiger charge is -2.07. The van der Waals surface area contributed by atoms with Gasteiger partial charge in [-0.15, -0.1) is 0 Å². The van der Waals surface area contributed by atoms with E-state index in [0.29, 0.717) is 5.56 Å². The number of carbonyl (C=O) groups excluding carboxylic acids is 3. The SMILES string of the molecule is COC(=O)c1cccc(O)c1C(=O)OC.O=C(c1ccccc1)c1ccc(O)cc1O. The van der Waals surface area contributed by atoms with Gasteiger partial charge in [-0.2, -0.15) is 0 Å². The number of phenolic OH excluding ortho intramolecular Hbond substituents is 3. The van der Waals surface area contributed by atoms with Gasteiger partial charge in [-0.1, -0.05) is 36.4 Å². The molecule has 0 aromatic heterocycles. The maximum Gasteiger partial charge on any atom is 0.342 e. The van der Waals surface area contributed by atoms with Crippen LogP contribution < -0.4 is 0 Å². The van der Waals surface area contributed by atoms with E-state index in [-0.39, 0.29) is 39.7 Å². The summed E-state index contributed by atoms with van der Waals surface area (Å²) < 4.78 is 8.91. The lowest BCUT2D eigenvalue weighted by molar-refractivity contribution is 0.0552. The summed E-state index contributed by atoms with van der Waals surface area (Å²) in [5, 5.41) is 28.1. The molecule has 0 aliphatic rings. The molecule has 3 N–H and O–H groups in total. The molecule has 0 amide bonds. The number of hydrogen-bond acceptors (Lipinski definition) is 8. The number of hydrogen-bond donors (Lipinski definition) is 3. The lowest BCUT2D eigenvalue weighted by atomic mass is 10.0. The Labute approximate surface area is 177 Å².